The van der Waals surface area contributed by atoms with E-state index in [1.165, 1.54) is 0 Å². The lowest BCUT2D eigenvalue weighted by Crippen LogP contribution is -2.42. The number of carbonyl (C=O) groups is 1. The molecule has 0 fully saturated rings. The molecule has 0 saturated carbocycles. The van der Waals surface area contributed by atoms with E-state index in [1.807, 2.05) is 13.0 Å². The van der Waals surface area contributed by atoms with Crippen molar-refractivity contribution in [3.05, 3.63) is 23.3 Å². The van der Waals surface area contributed by atoms with Crippen LogP contribution in [0.1, 0.15) is 41.5 Å². The first-order chi connectivity index (χ1) is 8.38. The van der Waals surface area contributed by atoms with E-state index in [-0.39, 0.29) is 16.2 Å². The average Bonchev–Trinajstić information content (AvgIpc) is 2.22. The maximum absolute atomic E-state index is 11.8. The van der Waals surface area contributed by atoms with E-state index in [1.54, 1.807) is 6.08 Å². The highest BCUT2D eigenvalue weighted by Crippen LogP contribution is 2.39. The number of allylic oxidation sites excluding steroid dienone is 3. The molecule has 0 saturated heterocycles. The van der Waals surface area contributed by atoms with Gasteiger partial charge in [0.05, 0.1) is 6.61 Å². The van der Waals surface area contributed by atoms with E-state index in [2.05, 4.69) is 47.7 Å². The molecule has 1 aliphatic rings. The molecule has 19 heavy (non-hydrogen) atoms. The van der Waals surface area contributed by atoms with Crippen LogP contribution in [0.25, 0.3) is 0 Å². The van der Waals surface area contributed by atoms with E-state index < -0.39 is 8.32 Å². The minimum atomic E-state index is -1.77. The highest BCUT2D eigenvalue weighted by Gasteiger charge is 2.38. The minimum absolute atomic E-state index is 0.0830. The van der Waals surface area contributed by atoms with Gasteiger partial charge >= 0.3 is 0 Å². The Kier molecular flexibility index (Phi) is 4.33. The molecule has 0 amide bonds. The zero-order chi connectivity index (χ0) is 15.1. The maximum Gasteiger partial charge on any atom is 0.192 e. The first-order valence-electron chi connectivity index (χ1n) is 6.96. The molecule has 0 radical (unpaired) electrons. The Labute approximate surface area is 119 Å². The van der Waals surface area contributed by atoms with Crippen molar-refractivity contribution in [2.75, 3.05) is 6.61 Å². The molecule has 0 aliphatic heterocycles. The Morgan fingerprint density at radius 3 is 2.26 bits per heavy atom. The Morgan fingerprint density at radius 2 is 1.79 bits per heavy atom. The van der Waals surface area contributed by atoms with Gasteiger partial charge in [0.1, 0.15) is 0 Å². The van der Waals surface area contributed by atoms with E-state index in [0.717, 1.165) is 11.1 Å². The summed E-state index contributed by atoms with van der Waals surface area (Å²) in [4.78, 5) is 11.8. The molecule has 2 nitrogen and oxygen atoms in total. The lowest BCUT2D eigenvalue weighted by molar-refractivity contribution is -0.111. The molecule has 1 rings (SSSR count). The summed E-state index contributed by atoms with van der Waals surface area (Å²) in [6.45, 7) is 18.0. The Balaban J connectivity index is 2.93. The van der Waals surface area contributed by atoms with Crippen molar-refractivity contribution in [2.45, 2.75) is 59.7 Å². The summed E-state index contributed by atoms with van der Waals surface area (Å²) in [5, 5.41) is 0.195. The van der Waals surface area contributed by atoms with Crippen LogP contribution >= 0.6 is 0 Å². The summed E-state index contributed by atoms with van der Waals surface area (Å²) < 4.78 is 6.28. The second kappa shape index (κ2) is 5.02. The van der Waals surface area contributed by atoms with Crippen molar-refractivity contribution >= 4 is 14.1 Å². The van der Waals surface area contributed by atoms with Crippen LogP contribution in [0, 0.1) is 5.41 Å². The molecule has 108 valence electrons. The van der Waals surface area contributed by atoms with Gasteiger partial charge in [0.25, 0.3) is 0 Å². The Hall–Kier alpha value is -0.673. The monoisotopic (exact) mass is 280 g/mol. The van der Waals surface area contributed by atoms with Gasteiger partial charge in [-0.3, -0.25) is 4.79 Å². The summed E-state index contributed by atoms with van der Waals surface area (Å²) in [5.74, 6) is 0.119. The second-order valence-electron chi connectivity index (χ2n) is 7.57. The van der Waals surface area contributed by atoms with Crippen LogP contribution in [0.4, 0.5) is 0 Å². The van der Waals surface area contributed by atoms with E-state index in [9.17, 15) is 4.79 Å². The molecule has 0 aromatic heterocycles. The van der Waals surface area contributed by atoms with Gasteiger partial charge in [-0.1, -0.05) is 40.7 Å². The summed E-state index contributed by atoms with van der Waals surface area (Å²) in [7, 11) is -1.77. The highest BCUT2D eigenvalue weighted by molar-refractivity contribution is 6.74. The summed E-state index contributed by atoms with van der Waals surface area (Å²) in [5.41, 5.74) is 1.90. The predicted molar refractivity (Wildman–Crippen MR) is 83.8 cm³/mol. The van der Waals surface area contributed by atoms with E-state index in [4.69, 9.17) is 4.43 Å². The van der Waals surface area contributed by atoms with Gasteiger partial charge in [0.2, 0.25) is 0 Å². The minimum Gasteiger partial charge on any atom is -0.413 e. The molecule has 0 unspecified atom stereocenters. The summed E-state index contributed by atoms with van der Waals surface area (Å²) in [6, 6.07) is 0. The van der Waals surface area contributed by atoms with Gasteiger partial charge in [0.15, 0.2) is 14.1 Å². The molecule has 0 atom stereocenters. The van der Waals surface area contributed by atoms with Gasteiger partial charge < -0.3 is 4.43 Å². The molecular formula is C16H28O2Si. The molecule has 0 aromatic rings. The van der Waals surface area contributed by atoms with Crippen LogP contribution in [0.15, 0.2) is 23.3 Å². The molecule has 0 aromatic carbocycles. The topological polar surface area (TPSA) is 26.3 Å². The molecular weight excluding hydrogens is 252 g/mol. The molecule has 0 spiro atoms. The van der Waals surface area contributed by atoms with Crippen LogP contribution < -0.4 is 0 Å². The molecule has 0 N–H and O–H groups in total. The van der Waals surface area contributed by atoms with Crippen LogP contribution in [0.2, 0.25) is 18.1 Å². The first-order valence-corrected chi connectivity index (χ1v) is 9.87. The number of rotatable bonds is 3. The zero-order valence-electron chi connectivity index (χ0n) is 13.7. The fourth-order valence-corrected chi connectivity index (χ4v) is 2.84. The molecule has 3 heteroatoms. The quantitative estimate of drug-likeness (QED) is 0.712. The van der Waals surface area contributed by atoms with E-state index >= 15 is 0 Å². The van der Waals surface area contributed by atoms with Crippen molar-refractivity contribution in [3.63, 3.8) is 0 Å². The fraction of sp³-hybridized carbons (Fsp3) is 0.688. The second-order valence-corrected chi connectivity index (χ2v) is 12.4. The van der Waals surface area contributed by atoms with Crippen molar-refractivity contribution in [2.24, 2.45) is 5.41 Å². The van der Waals surface area contributed by atoms with Crippen molar-refractivity contribution in [3.8, 4) is 0 Å². The zero-order valence-corrected chi connectivity index (χ0v) is 14.7. The molecule has 0 heterocycles. The van der Waals surface area contributed by atoms with Crippen molar-refractivity contribution in [1.82, 2.24) is 0 Å². The van der Waals surface area contributed by atoms with Crippen LogP contribution in [-0.4, -0.2) is 20.7 Å². The first kappa shape index (κ1) is 16.4. The van der Waals surface area contributed by atoms with Crippen molar-refractivity contribution < 1.29 is 9.22 Å². The standard InChI is InChI=1S/C16H28O2Si/c1-12-13(16(5,6)10-9-14(12)17)11-18-19(7,8)15(2,3)4/h9-10H,11H2,1-8H3. The van der Waals surface area contributed by atoms with E-state index in [0.29, 0.717) is 6.61 Å². The number of hydrogen-bond acceptors (Lipinski definition) is 2. The third-order valence-electron chi connectivity index (χ3n) is 4.63. The predicted octanol–water partition coefficient (Wildman–Crippen LogP) is 4.49. The van der Waals surface area contributed by atoms with Gasteiger partial charge in [-0.2, -0.15) is 0 Å². The summed E-state index contributed by atoms with van der Waals surface area (Å²) in [6.07, 6.45) is 3.68. The largest absolute Gasteiger partial charge is 0.413 e. The SMILES string of the molecule is CC1=C(CO[Si](C)(C)C(C)(C)C)C(C)(C)C=CC1=O. The number of ketones is 1. The van der Waals surface area contributed by atoms with Gasteiger partial charge in [-0.25, -0.2) is 0 Å². The smallest absolute Gasteiger partial charge is 0.192 e. The van der Waals surface area contributed by atoms with Gasteiger partial charge in [-0.15, -0.1) is 0 Å². The van der Waals surface area contributed by atoms with Crippen LogP contribution in [-0.2, 0) is 9.22 Å². The number of hydrogen-bond donors (Lipinski definition) is 0. The lowest BCUT2D eigenvalue weighted by atomic mass is 9.77. The fourth-order valence-electron chi connectivity index (χ4n) is 1.90. The van der Waals surface area contributed by atoms with Gasteiger partial charge in [-0.05, 0) is 42.3 Å². The molecule has 0 bridgehead atoms. The highest BCUT2D eigenvalue weighted by atomic mass is 28.4. The van der Waals surface area contributed by atoms with Crippen LogP contribution in [0.5, 0.6) is 0 Å². The Bertz CT molecular complexity index is 434. The van der Waals surface area contributed by atoms with Crippen LogP contribution in [0.3, 0.4) is 0 Å². The Morgan fingerprint density at radius 1 is 1.26 bits per heavy atom. The van der Waals surface area contributed by atoms with Gasteiger partial charge in [0, 0.05) is 5.41 Å². The average molecular weight is 280 g/mol. The third kappa shape index (κ3) is 3.45. The molecule has 1 aliphatic carbocycles. The third-order valence-corrected chi connectivity index (χ3v) is 9.11. The van der Waals surface area contributed by atoms with Crippen molar-refractivity contribution in [1.29, 1.82) is 0 Å². The normalized spacial score (nSPS) is 20.1. The number of carbonyl (C=O) groups excluding carboxylic acids is 1. The maximum atomic E-state index is 11.8. The summed E-state index contributed by atoms with van der Waals surface area (Å²) >= 11 is 0. The lowest BCUT2D eigenvalue weighted by Gasteiger charge is -2.38.